The van der Waals surface area contributed by atoms with Gasteiger partial charge in [-0.1, -0.05) is 0 Å². The van der Waals surface area contributed by atoms with Gasteiger partial charge in [0, 0.05) is 44.0 Å². The zero-order valence-electron chi connectivity index (χ0n) is 10.8. The molecule has 1 fully saturated rings. The molecule has 1 aliphatic rings. The first-order valence-electron chi connectivity index (χ1n) is 6.06. The summed E-state index contributed by atoms with van der Waals surface area (Å²) in [6.45, 7) is 3.84. The summed E-state index contributed by atoms with van der Waals surface area (Å²) in [7, 11) is 3.69. The Hall–Kier alpha value is -1.64. The average Bonchev–Trinajstić information content (AvgIpc) is 2.42. The van der Waals surface area contributed by atoms with Gasteiger partial charge in [-0.3, -0.25) is 4.90 Å². The van der Waals surface area contributed by atoms with E-state index in [1.807, 2.05) is 6.07 Å². The molecule has 1 unspecified atom stereocenters. The van der Waals surface area contributed by atoms with Gasteiger partial charge < -0.3 is 9.64 Å². The highest BCUT2D eigenvalue weighted by molar-refractivity contribution is 5.25. The number of likely N-dealkylation sites (N-methyl/N-ethyl adjacent to an activating group) is 1. The fourth-order valence-electron chi connectivity index (χ4n) is 2.12. The van der Waals surface area contributed by atoms with E-state index in [2.05, 4.69) is 27.9 Å². The van der Waals surface area contributed by atoms with Gasteiger partial charge >= 0.3 is 0 Å². The van der Waals surface area contributed by atoms with Crippen molar-refractivity contribution in [2.75, 3.05) is 40.3 Å². The second-order valence-corrected chi connectivity index (χ2v) is 4.50. The average molecular weight is 246 g/mol. The van der Waals surface area contributed by atoms with Crippen LogP contribution in [0.4, 0.5) is 0 Å². The number of piperazine rings is 1. The van der Waals surface area contributed by atoms with E-state index in [1.165, 1.54) is 0 Å². The van der Waals surface area contributed by atoms with Crippen LogP contribution in [0.2, 0.25) is 0 Å². The maximum absolute atomic E-state index is 9.36. The summed E-state index contributed by atoms with van der Waals surface area (Å²) in [5, 5.41) is 9.36. The lowest BCUT2D eigenvalue weighted by atomic mass is 10.1. The Bertz CT molecular complexity index is 418. The molecule has 0 radical (unpaired) electrons. The monoisotopic (exact) mass is 246 g/mol. The van der Waals surface area contributed by atoms with Crippen molar-refractivity contribution < 1.29 is 4.74 Å². The maximum Gasteiger partial charge on any atom is 0.212 e. The lowest BCUT2D eigenvalue weighted by Crippen LogP contribution is -2.45. The molecule has 1 aliphatic heterocycles. The Morgan fingerprint density at radius 3 is 2.56 bits per heavy atom. The van der Waals surface area contributed by atoms with Crippen LogP contribution in [-0.4, -0.2) is 55.1 Å². The second kappa shape index (κ2) is 5.80. The van der Waals surface area contributed by atoms with Gasteiger partial charge in [0.05, 0.1) is 13.2 Å². The maximum atomic E-state index is 9.36. The van der Waals surface area contributed by atoms with E-state index in [1.54, 1.807) is 19.4 Å². The first-order chi connectivity index (χ1) is 8.74. The van der Waals surface area contributed by atoms with Crippen LogP contribution in [0.5, 0.6) is 5.88 Å². The summed E-state index contributed by atoms with van der Waals surface area (Å²) in [4.78, 5) is 8.64. The highest BCUT2D eigenvalue weighted by atomic mass is 16.5. The van der Waals surface area contributed by atoms with Crippen LogP contribution in [-0.2, 0) is 0 Å². The number of pyridine rings is 1. The quantitative estimate of drug-likeness (QED) is 0.793. The van der Waals surface area contributed by atoms with Crippen LogP contribution in [0.1, 0.15) is 11.6 Å². The van der Waals surface area contributed by atoms with E-state index >= 15 is 0 Å². The predicted octanol–water partition coefficient (Wildman–Crippen LogP) is 0.902. The lowest BCUT2D eigenvalue weighted by Gasteiger charge is -2.35. The molecule has 1 saturated heterocycles. The van der Waals surface area contributed by atoms with Crippen LogP contribution in [0.3, 0.4) is 0 Å². The molecule has 96 valence electrons. The highest BCUT2D eigenvalue weighted by Crippen LogP contribution is 2.21. The Balaban J connectivity index is 2.10. The van der Waals surface area contributed by atoms with Crippen LogP contribution < -0.4 is 4.74 Å². The van der Waals surface area contributed by atoms with Crippen LogP contribution in [0.15, 0.2) is 18.3 Å². The van der Waals surface area contributed by atoms with E-state index in [-0.39, 0.29) is 6.04 Å². The number of nitrogens with zero attached hydrogens (tertiary/aromatic N) is 4. The molecule has 18 heavy (non-hydrogen) atoms. The Kier molecular flexibility index (Phi) is 4.13. The van der Waals surface area contributed by atoms with Crippen molar-refractivity contribution in [3.63, 3.8) is 0 Å². The summed E-state index contributed by atoms with van der Waals surface area (Å²) in [6, 6.07) is 5.87. The van der Waals surface area contributed by atoms with E-state index in [4.69, 9.17) is 4.74 Å². The van der Waals surface area contributed by atoms with Gasteiger partial charge in [0.2, 0.25) is 5.88 Å². The molecule has 5 nitrogen and oxygen atoms in total. The van der Waals surface area contributed by atoms with Crippen molar-refractivity contribution in [1.29, 1.82) is 5.26 Å². The molecular weight excluding hydrogens is 228 g/mol. The number of ether oxygens (including phenoxy) is 1. The van der Waals surface area contributed by atoms with Gasteiger partial charge in [-0.2, -0.15) is 5.26 Å². The molecule has 0 aliphatic carbocycles. The number of aromatic nitrogens is 1. The molecule has 1 aromatic heterocycles. The van der Waals surface area contributed by atoms with Crippen molar-refractivity contribution >= 4 is 0 Å². The molecule has 5 heteroatoms. The molecule has 0 spiro atoms. The largest absolute Gasteiger partial charge is 0.481 e. The van der Waals surface area contributed by atoms with Crippen LogP contribution >= 0.6 is 0 Å². The van der Waals surface area contributed by atoms with Crippen LogP contribution in [0, 0.1) is 11.3 Å². The van der Waals surface area contributed by atoms with Crippen LogP contribution in [0.25, 0.3) is 0 Å². The van der Waals surface area contributed by atoms with Gasteiger partial charge in [-0.25, -0.2) is 4.98 Å². The minimum atomic E-state index is -0.211. The second-order valence-electron chi connectivity index (χ2n) is 4.50. The summed E-state index contributed by atoms with van der Waals surface area (Å²) < 4.78 is 5.03. The Morgan fingerprint density at radius 1 is 1.33 bits per heavy atom. The molecule has 0 aromatic carbocycles. The topological polar surface area (TPSA) is 52.4 Å². The van der Waals surface area contributed by atoms with Gasteiger partial charge in [0.1, 0.15) is 6.04 Å². The zero-order chi connectivity index (χ0) is 13.0. The fraction of sp³-hybridized carbons (Fsp3) is 0.538. The van der Waals surface area contributed by atoms with E-state index < -0.39 is 0 Å². The first-order valence-corrected chi connectivity index (χ1v) is 6.06. The predicted molar refractivity (Wildman–Crippen MR) is 68.2 cm³/mol. The SMILES string of the molecule is COc1ccc(C(C#N)N2CCN(C)CC2)cn1. The number of nitriles is 1. The normalized spacial score (nSPS) is 19.2. The number of hydrogen-bond acceptors (Lipinski definition) is 5. The van der Waals surface area contributed by atoms with E-state index in [9.17, 15) is 5.26 Å². The molecule has 0 amide bonds. The summed E-state index contributed by atoms with van der Waals surface area (Å²) in [5.41, 5.74) is 0.933. The molecule has 1 aromatic rings. The highest BCUT2D eigenvalue weighted by Gasteiger charge is 2.23. The third-order valence-corrected chi connectivity index (χ3v) is 3.31. The standard InChI is InChI=1S/C13H18N4O/c1-16-5-7-17(8-6-16)12(9-14)11-3-4-13(18-2)15-10-11/h3-4,10,12H,5-8H2,1-2H3. The number of methoxy groups -OCH3 is 1. The van der Waals surface area contributed by atoms with Crippen molar-refractivity contribution in [3.05, 3.63) is 23.9 Å². The third kappa shape index (κ3) is 2.78. The minimum absolute atomic E-state index is 0.211. The molecule has 0 bridgehead atoms. The molecule has 0 saturated carbocycles. The van der Waals surface area contributed by atoms with E-state index in [0.29, 0.717) is 5.88 Å². The lowest BCUT2D eigenvalue weighted by molar-refractivity contribution is 0.132. The Labute approximate surface area is 108 Å². The fourth-order valence-corrected chi connectivity index (χ4v) is 2.12. The molecule has 2 heterocycles. The minimum Gasteiger partial charge on any atom is -0.481 e. The molecule has 0 N–H and O–H groups in total. The number of rotatable bonds is 3. The zero-order valence-corrected chi connectivity index (χ0v) is 10.8. The number of hydrogen-bond donors (Lipinski definition) is 0. The summed E-state index contributed by atoms with van der Waals surface area (Å²) >= 11 is 0. The van der Waals surface area contributed by atoms with Crippen molar-refractivity contribution in [3.8, 4) is 11.9 Å². The van der Waals surface area contributed by atoms with Crippen molar-refractivity contribution in [2.24, 2.45) is 0 Å². The molecule has 2 rings (SSSR count). The smallest absolute Gasteiger partial charge is 0.212 e. The van der Waals surface area contributed by atoms with Gasteiger partial charge in [0.15, 0.2) is 0 Å². The molecular formula is C13H18N4O. The van der Waals surface area contributed by atoms with Gasteiger partial charge in [0.25, 0.3) is 0 Å². The first kappa shape index (κ1) is 12.8. The van der Waals surface area contributed by atoms with E-state index in [0.717, 1.165) is 31.7 Å². The summed E-state index contributed by atoms with van der Waals surface area (Å²) in [5.74, 6) is 0.578. The third-order valence-electron chi connectivity index (χ3n) is 3.31. The Morgan fingerprint density at radius 2 is 2.06 bits per heavy atom. The van der Waals surface area contributed by atoms with Crippen molar-refractivity contribution in [2.45, 2.75) is 6.04 Å². The molecule has 1 atom stereocenters. The summed E-state index contributed by atoms with van der Waals surface area (Å²) in [6.07, 6.45) is 1.73. The van der Waals surface area contributed by atoms with Gasteiger partial charge in [-0.15, -0.1) is 0 Å². The van der Waals surface area contributed by atoms with Gasteiger partial charge in [-0.05, 0) is 13.1 Å². The van der Waals surface area contributed by atoms with Crippen molar-refractivity contribution in [1.82, 2.24) is 14.8 Å².